The number of hydrogen-bond acceptors (Lipinski definition) is 3. The van der Waals surface area contributed by atoms with Crippen molar-refractivity contribution in [3.8, 4) is 0 Å². The van der Waals surface area contributed by atoms with Crippen molar-refractivity contribution in [1.82, 2.24) is 4.68 Å². The summed E-state index contributed by atoms with van der Waals surface area (Å²) in [5.41, 5.74) is 4.63. The van der Waals surface area contributed by atoms with Crippen molar-refractivity contribution in [1.29, 1.82) is 0 Å². The van der Waals surface area contributed by atoms with E-state index in [-0.39, 0.29) is 16.4 Å². The van der Waals surface area contributed by atoms with Crippen LogP contribution in [0.15, 0.2) is 66.7 Å². The molecule has 0 aliphatic heterocycles. The van der Waals surface area contributed by atoms with Crippen LogP contribution in [-0.2, 0) is 9.59 Å². The lowest BCUT2D eigenvalue weighted by Gasteiger charge is -2.13. The molecule has 3 amide bonds. The highest BCUT2D eigenvalue weighted by atomic mass is 35.5. The van der Waals surface area contributed by atoms with E-state index < -0.39 is 17.7 Å². The van der Waals surface area contributed by atoms with Crippen LogP contribution >= 0.6 is 34.8 Å². The number of amides is 3. The zero-order valence-corrected chi connectivity index (χ0v) is 19.9. The van der Waals surface area contributed by atoms with Crippen LogP contribution in [0.3, 0.4) is 0 Å². The highest BCUT2D eigenvalue weighted by Crippen LogP contribution is 2.25. The first-order chi connectivity index (χ1) is 16.2. The molecule has 0 saturated carbocycles. The van der Waals surface area contributed by atoms with Crippen molar-refractivity contribution in [2.75, 3.05) is 16.1 Å². The molecule has 0 saturated heterocycles. The van der Waals surface area contributed by atoms with Crippen LogP contribution in [0.1, 0.15) is 16.1 Å². The average molecular weight is 516 g/mol. The second-order valence-corrected chi connectivity index (χ2v) is 8.61. The molecule has 172 valence electrons. The van der Waals surface area contributed by atoms with Crippen molar-refractivity contribution in [2.45, 2.75) is 6.92 Å². The predicted octanol–water partition coefficient (Wildman–Crippen LogP) is 5.87. The Bertz CT molecular complexity index is 1450. The summed E-state index contributed by atoms with van der Waals surface area (Å²) in [6.07, 6.45) is 0. The van der Waals surface area contributed by atoms with E-state index in [1.807, 2.05) is 6.92 Å². The van der Waals surface area contributed by atoms with Crippen molar-refractivity contribution in [2.24, 2.45) is 0 Å². The molecule has 3 aromatic carbocycles. The fourth-order valence-electron chi connectivity index (χ4n) is 3.23. The lowest BCUT2D eigenvalue weighted by Crippen LogP contribution is -2.36. The molecule has 0 radical (unpaired) electrons. The first-order valence-corrected chi connectivity index (χ1v) is 11.1. The molecule has 3 N–H and O–H groups in total. The zero-order valence-electron chi connectivity index (χ0n) is 17.7. The molecule has 0 bridgehead atoms. The van der Waals surface area contributed by atoms with Gasteiger partial charge in [-0.3, -0.25) is 19.8 Å². The van der Waals surface area contributed by atoms with Crippen LogP contribution in [0, 0.1) is 6.92 Å². The summed E-state index contributed by atoms with van der Waals surface area (Å²) in [5, 5.41) is 7.00. The van der Waals surface area contributed by atoms with Crippen LogP contribution in [-0.4, -0.2) is 22.4 Å². The van der Waals surface area contributed by atoms with Gasteiger partial charge in [0.15, 0.2) is 0 Å². The molecule has 0 spiro atoms. The number of fused-ring (bicyclic) bond motifs is 1. The lowest BCUT2D eigenvalue weighted by atomic mass is 10.2. The Kier molecular flexibility index (Phi) is 6.79. The predicted molar refractivity (Wildman–Crippen MR) is 136 cm³/mol. The van der Waals surface area contributed by atoms with Crippen molar-refractivity contribution in [3.63, 3.8) is 0 Å². The lowest BCUT2D eigenvalue weighted by molar-refractivity contribution is -0.133. The molecule has 10 heteroatoms. The molecule has 1 heterocycles. The Morgan fingerprint density at radius 3 is 2.29 bits per heavy atom. The maximum Gasteiger partial charge on any atom is 0.328 e. The van der Waals surface area contributed by atoms with Gasteiger partial charge in [0, 0.05) is 21.1 Å². The summed E-state index contributed by atoms with van der Waals surface area (Å²) >= 11 is 18.3. The van der Waals surface area contributed by atoms with Gasteiger partial charge in [0.25, 0.3) is 5.91 Å². The second kappa shape index (κ2) is 9.77. The monoisotopic (exact) mass is 514 g/mol. The van der Waals surface area contributed by atoms with E-state index in [2.05, 4.69) is 16.1 Å². The Hall–Kier alpha value is -3.52. The van der Waals surface area contributed by atoms with Gasteiger partial charge in [-0.15, -0.1) is 0 Å². The van der Waals surface area contributed by atoms with Crippen LogP contribution in [0.5, 0.6) is 0 Å². The maximum absolute atomic E-state index is 13.1. The van der Waals surface area contributed by atoms with E-state index in [0.717, 1.165) is 5.56 Å². The summed E-state index contributed by atoms with van der Waals surface area (Å²) in [4.78, 5) is 38.3. The highest BCUT2D eigenvalue weighted by Gasteiger charge is 2.22. The summed E-state index contributed by atoms with van der Waals surface area (Å²) < 4.78 is 1.23. The number of nitrogens with zero attached hydrogens (tertiary/aromatic N) is 1. The quantitative estimate of drug-likeness (QED) is 0.297. The number of carbonyl (C=O) groups is 3. The number of nitrogens with one attached hydrogen (secondary N) is 3. The molecule has 4 aromatic rings. The molecule has 0 atom stereocenters. The fourth-order valence-corrected chi connectivity index (χ4v) is 3.78. The van der Waals surface area contributed by atoms with Gasteiger partial charge in [-0.05, 0) is 61.0 Å². The first-order valence-electron chi connectivity index (χ1n) is 9.98. The SMILES string of the molecule is Cc1ccc(NC(=O)c2cc3cc(Cl)ccc3n2NC(=O)C(=O)Nc2ccccc2Cl)cc1Cl. The normalized spacial score (nSPS) is 10.7. The Balaban J connectivity index is 1.64. The summed E-state index contributed by atoms with van der Waals surface area (Å²) in [6.45, 7) is 1.85. The molecule has 0 fully saturated rings. The maximum atomic E-state index is 13.1. The minimum Gasteiger partial charge on any atom is -0.321 e. The molecular weight excluding hydrogens is 499 g/mol. The number of carbonyl (C=O) groups excluding carboxylic acids is 3. The minimum absolute atomic E-state index is 0.0767. The molecule has 4 rings (SSSR count). The number of rotatable bonds is 4. The standard InChI is InChI=1S/C24H17Cl3N4O3/c1-13-6-8-16(12-18(13)27)28-22(32)21-11-14-10-15(25)7-9-20(14)31(21)30-24(34)23(33)29-19-5-3-2-4-17(19)26/h2-12H,1H3,(H,28,32)(H,29,33)(H,30,34). The van der Waals surface area contributed by atoms with Crippen molar-refractivity contribution < 1.29 is 14.4 Å². The third-order valence-corrected chi connectivity index (χ3v) is 5.94. The smallest absolute Gasteiger partial charge is 0.321 e. The summed E-state index contributed by atoms with van der Waals surface area (Å²) in [6, 6.07) is 18.0. The number of anilines is 2. The molecule has 0 unspecified atom stereocenters. The van der Waals surface area contributed by atoms with Gasteiger partial charge in [0.2, 0.25) is 0 Å². The van der Waals surface area contributed by atoms with Crippen molar-refractivity contribution >= 4 is 74.8 Å². The number of para-hydroxylation sites is 1. The van der Waals surface area contributed by atoms with E-state index in [4.69, 9.17) is 34.8 Å². The number of benzene rings is 3. The Morgan fingerprint density at radius 2 is 1.56 bits per heavy atom. The zero-order chi connectivity index (χ0) is 24.4. The Morgan fingerprint density at radius 1 is 0.794 bits per heavy atom. The number of aryl methyl sites for hydroxylation is 1. The van der Waals surface area contributed by atoms with E-state index >= 15 is 0 Å². The second-order valence-electron chi connectivity index (χ2n) is 7.36. The number of hydrogen-bond donors (Lipinski definition) is 3. The highest BCUT2D eigenvalue weighted by molar-refractivity contribution is 6.44. The summed E-state index contributed by atoms with van der Waals surface area (Å²) in [7, 11) is 0. The van der Waals surface area contributed by atoms with Crippen LogP contribution in [0.4, 0.5) is 11.4 Å². The number of halogens is 3. The van der Waals surface area contributed by atoms with Gasteiger partial charge in [-0.2, -0.15) is 0 Å². The van der Waals surface area contributed by atoms with E-state index in [1.54, 1.807) is 66.7 Å². The Labute approximate surface area is 209 Å². The van der Waals surface area contributed by atoms with E-state index in [1.165, 1.54) is 4.68 Å². The van der Waals surface area contributed by atoms with Gasteiger partial charge in [-0.25, -0.2) is 4.68 Å². The largest absolute Gasteiger partial charge is 0.328 e. The molecule has 7 nitrogen and oxygen atoms in total. The molecular formula is C24H17Cl3N4O3. The van der Waals surface area contributed by atoms with Crippen LogP contribution in [0.25, 0.3) is 10.9 Å². The third-order valence-electron chi connectivity index (χ3n) is 4.97. The van der Waals surface area contributed by atoms with Gasteiger partial charge in [0.05, 0.1) is 16.2 Å². The fraction of sp³-hybridized carbons (Fsp3) is 0.0417. The topological polar surface area (TPSA) is 92.2 Å². The third kappa shape index (κ3) is 5.02. The molecule has 0 aliphatic rings. The van der Waals surface area contributed by atoms with Crippen LogP contribution in [0.2, 0.25) is 15.1 Å². The first kappa shape index (κ1) is 23.6. The van der Waals surface area contributed by atoms with E-state index in [9.17, 15) is 14.4 Å². The van der Waals surface area contributed by atoms with Gasteiger partial charge in [0.1, 0.15) is 5.69 Å². The van der Waals surface area contributed by atoms with Gasteiger partial charge in [-0.1, -0.05) is 53.0 Å². The minimum atomic E-state index is -1.00. The average Bonchev–Trinajstić information content (AvgIpc) is 3.15. The summed E-state index contributed by atoms with van der Waals surface area (Å²) in [5.74, 6) is -2.49. The van der Waals surface area contributed by atoms with Gasteiger partial charge < -0.3 is 10.6 Å². The van der Waals surface area contributed by atoms with E-state index in [0.29, 0.717) is 26.6 Å². The molecule has 1 aromatic heterocycles. The van der Waals surface area contributed by atoms with Gasteiger partial charge >= 0.3 is 11.8 Å². The van der Waals surface area contributed by atoms with Crippen molar-refractivity contribution in [3.05, 3.63) is 93.1 Å². The van der Waals surface area contributed by atoms with Crippen LogP contribution < -0.4 is 16.1 Å². The molecule has 0 aliphatic carbocycles. The number of aromatic nitrogens is 1. The molecule has 34 heavy (non-hydrogen) atoms.